The zero-order valence-electron chi connectivity index (χ0n) is 22.9. The molecule has 4 atom stereocenters. The van der Waals surface area contributed by atoms with E-state index in [1.54, 1.807) is 12.1 Å². The van der Waals surface area contributed by atoms with Crippen LogP contribution in [-0.4, -0.2) is 51.5 Å². The third kappa shape index (κ3) is 5.47. The van der Waals surface area contributed by atoms with Gasteiger partial charge in [0.05, 0.1) is 18.0 Å². The number of aliphatic hydroxyl groups excluding tert-OH is 1. The number of halogens is 1. The summed E-state index contributed by atoms with van der Waals surface area (Å²) in [6, 6.07) is 11.5. The minimum Gasteiger partial charge on any atom is -0.490 e. The highest BCUT2D eigenvalue weighted by atomic mass is 35.5. The van der Waals surface area contributed by atoms with Crippen molar-refractivity contribution in [1.29, 1.82) is 0 Å². The van der Waals surface area contributed by atoms with Crippen LogP contribution in [0.5, 0.6) is 5.75 Å². The lowest BCUT2D eigenvalue weighted by Gasteiger charge is -2.46. The number of benzene rings is 2. The fourth-order valence-corrected chi connectivity index (χ4v) is 8.83. The van der Waals surface area contributed by atoms with Crippen molar-refractivity contribution in [1.82, 2.24) is 4.72 Å². The molecule has 2 heterocycles. The van der Waals surface area contributed by atoms with E-state index in [-0.39, 0.29) is 23.7 Å². The Morgan fingerprint density at radius 3 is 2.75 bits per heavy atom. The van der Waals surface area contributed by atoms with Gasteiger partial charge in [0.1, 0.15) is 5.75 Å². The molecule has 2 bridgehead atoms. The summed E-state index contributed by atoms with van der Waals surface area (Å²) < 4.78 is 34.2. The number of ether oxygens (including phenoxy) is 1. The highest BCUT2D eigenvalue weighted by Gasteiger charge is 2.44. The van der Waals surface area contributed by atoms with Gasteiger partial charge in [0, 0.05) is 35.7 Å². The lowest BCUT2D eigenvalue weighted by Crippen LogP contribution is -2.49. The molecule has 4 aliphatic rings. The molecule has 0 saturated heterocycles. The Balaban J connectivity index is 1.41. The van der Waals surface area contributed by atoms with Crippen molar-refractivity contribution in [2.45, 2.75) is 63.2 Å². The van der Waals surface area contributed by atoms with Crippen LogP contribution in [0.2, 0.25) is 5.02 Å². The number of aliphatic hydroxyl groups is 1. The number of fused-ring (bicyclic) bond motifs is 4. The summed E-state index contributed by atoms with van der Waals surface area (Å²) >= 11 is 6.38. The molecule has 1 amide bonds. The van der Waals surface area contributed by atoms with Crippen molar-refractivity contribution in [3.05, 3.63) is 58.1 Å². The molecule has 1 fully saturated rings. The van der Waals surface area contributed by atoms with E-state index >= 15 is 0 Å². The van der Waals surface area contributed by atoms with Crippen molar-refractivity contribution in [3.63, 3.8) is 0 Å². The number of carbonyl (C=O) groups is 1. The van der Waals surface area contributed by atoms with Gasteiger partial charge in [-0.15, -0.1) is 0 Å². The van der Waals surface area contributed by atoms with E-state index in [2.05, 4.69) is 21.8 Å². The molecule has 1 spiro atoms. The molecule has 2 aromatic rings. The maximum atomic E-state index is 13.1. The minimum atomic E-state index is -3.74. The second kappa shape index (κ2) is 11.2. The van der Waals surface area contributed by atoms with E-state index in [9.17, 15) is 18.3 Å². The number of nitrogens with zero attached hydrogens (tertiary/aromatic N) is 1. The lowest BCUT2D eigenvalue weighted by molar-refractivity contribution is 0.0575. The Kier molecular flexibility index (Phi) is 7.79. The van der Waals surface area contributed by atoms with Gasteiger partial charge in [-0.1, -0.05) is 30.5 Å². The van der Waals surface area contributed by atoms with Crippen LogP contribution in [-0.2, 0) is 21.9 Å². The molecule has 0 unspecified atom stereocenters. The maximum Gasteiger partial charge on any atom is 0.264 e. The first kappa shape index (κ1) is 27.9. The fourth-order valence-electron chi connectivity index (χ4n) is 7.55. The van der Waals surface area contributed by atoms with E-state index in [4.69, 9.17) is 16.3 Å². The van der Waals surface area contributed by atoms with E-state index < -0.39 is 15.9 Å². The molecule has 2 aliphatic carbocycles. The molecule has 216 valence electrons. The largest absolute Gasteiger partial charge is 0.490 e. The van der Waals surface area contributed by atoms with Crippen LogP contribution < -0.4 is 14.4 Å². The molecule has 2 aliphatic heterocycles. The zero-order chi connectivity index (χ0) is 27.9. The van der Waals surface area contributed by atoms with Gasteiger partial charge in [-0.25, -0.2) is 13.1 Å². The van der Waals surface area contributed by atoms with Crippen molar-refractivity contribution in [2.24, 2.45) is 17.8 Å². The normalized spacial score (nSPS) is 30.2. The summed E-state index contributed by atoms with van der Waals surface area (Å²) in [5.74, 6) is 1.14. The highest BCUT2D eigenvalue weighted by molar-refractivity contribution is 7.90. The average molecular weight is 587 g/mol. The summed E-state index contributed by atoms with van der Waals surface area (Å²) in [5, 5.41) is 11.0. The second-order valence-corrected chi connectivity index (χ2v) is 14.6. The molecule has 40 heavy (non-hydrogen) atoms. The number of amides is 1. The summed E-state index contributed by atoms with van der Waals surface area (Å²) in [5.41, 5.74) is 3.48. The Bertz CT molecular complexity index is 1380. The van der Waals surface area contributed by atoms with Crippen LogP contribution in [0, 0.1) is 17.8 Å². The molecular weight excluding hydrogens is 548 g/mol. The summed E-state index contributed by atoms with van der Waals surface area (Å²) in [6.45, 7) is 2.24. The van der Waals surface area contributed by atoms with E-state index in [1.807, 2.05) is 12.1 Å². The number of nitrogens with one attached hydrogen (secondary N) is 1. The standard InChI is InChI=1S/C31H39ClN2O5S/c32-25-9-11-27-21(15-25)6-4-13-31(27)19-34-17-23-7-10-26(23)24(18-35)5-2-1-3-14-40(37,38)33-30(36)22-8-12-29(39-20-31)28(34)16-22/h8-9,11-12,15-16,23-24,26,35H,1-7,10,13-14,17-20H2,(H,33,36)/t23-,24+,26+,31-/m0/s1. The quantitative estimate of drug-likeness (QED) is 0.484. The Morgan fingerprint density at radius 1 is 1.07 bits per heavy atom. The minimum absolute atomic E-state index is 0.0826. The maximum absolute atomic E-state index is 13.1. The smallest absolute Gasteiger partial charge is 0.264 e. The number of carbonyl (C=O) groups excluding carboxylic acids is 1. The van der Waals surface area contributed by atoms with Gasteiger partial charge in [0.15, 0.2) is 0 Å². The Morgan fingerprint density at radius 2 is 1.95 bits per heavy atom. The number of aryl methyl sites for hydroxylation is 1. The first-order valence-electron chi connectivity index (χ1n) is 14.7. The summed E-state index contributed by atoms with van der Waals surface area (Å²) in [4.78, 5) is 15.5. The molecule has 0 radical (unpaired) electrons. The predicted octanol–water partition coefficient (Wildman–Crippen LogP) is 5.08. The van der Waals surface area contributed by atoms with Gasteiger partial charge in [-0.2, -0.15) is 0 Å². The van der Waals surface area contributed by atoms with Gasteiger partial charge in [0.25, 0.3) is 5.91 Å². The topological polar surface area (TPSA) is 95.9 Å². The van der Waals surface area contributed by atoms with Crippen molar-refractivity contribution in [2.75, 3.05) is 37.0 Å². The van der Waals surface area contributed by atoms with Gasteiger partial charge >= 0.3 is 0 Å². The number of hydrogen-bond acceptors (Lipinski definition) is 6. The van der Waals surface area contributed by atoms with Crippen LogP contribution in [0.25, 0.3) is 0 Å². The number of rotatable bonds is 1. The monoisotopic (exact) mass is 586 g/mol. The summed E-state index contributed by atoms with van der Waals surface area (Å²) in [7, 11) is -3.74. The van der Waals surface area contributed by atoms with E-state index in [1.165, 1.54) is 11.1 Å². The lowest BCUT2D eigenvalue weighted by atomic mass is 9.65. The Hall–Kier alpha value is -2.29. The fraction of sp³-hybridized carbons (Fsp3) is 0.581. The van der Waals surface area contributed by atoms with Crippen LogP contribution >= 0.6 is 11.6 Å². The van der Waals surface area contributed by atoms with Gasteiger partial charge in [0.2, 0.25) is 10.0 Å². The van der Waals surface area contributed by atoms with E-state index in [0.717, 1.165) is 75.2 Å². The molecule has 7 nitrogen and oxygen atoms in total. The number of hydrogen-bond donors (Lipinski definition) is 2. The summed E-state index contributed by atoms with van der Waals surface area (Å²) in [6.07, 6.45) is 8.28. The van der Waals surface area contributed by atoms with Gasteiger partial charge in [-0.05, 0) is 104 Å². The third-order valence-electron chi connectivity index (χ3n) is 9.81. The predicted molar refractivity (Wildman–Crippen MR) is 157 cm³/mol. The van der Waals surface area contributed by atoms with E-state index in [0.29, 0.717) is 36.2 Å². The average Bonchev–Trinajstić information content (AvgIpc) is 3.06. The number of sulfonamides is 1. The molecule has 2 aromatic carbocycles. The highest BCUT2D eigenvalue weighted by Crippen LogP contribution is 2.47. The van der Waals surface area contributed by atoms with Gasteiger partial charge in [-0.3, -0.25) is 4.79 Å². The van der Waals surface area contributed by atoms with Crippen molar-refractivity contribution < 1.29 is 23.1 Å². The molecule has 1 saturated carbocycles. The first-order valence-corrected chi connectivity index (χ1v) is 16.8. The second-order valence-electron chi connectivity index (χ2n) is 12.3. The van der Waals surface area contributed by atoms with Crippen LogP contribution in [0.4, 0.5) is 5.69 Å². The van der Waals surface area contributed by atoms with Crippen LogP contribution in [0.15, 0.2) is 36.4 Å². The zero-order valence-corrected chi connectivity index (χ0v) is 24.5. The molecule has 0 aromatic heterocycles. The number of anilines is 1. The first-order chi connectivity index (χ1) is 19.3. The van der Waals surface area contributed by atoms with Crippen LogP contribution in [0.3, 0.4) is 0 Å². The SMILES string of the molecule is O=C1NS(=O)(=O)CCCCC[C@H](CO)[C@@H]2CC[C@H]2CN2C[C@@]3(CCCc4cc(Cl)ccc43)COc3ccc1cc32. The van der Waals surface area contributed by atoms with Gasteiger partial charge < -0.3 is 14.7 Å². The van der Waals surface area contributed by atoms with Crippen molar-refractivity contribution >= 4 is 33.2 Å². The third-order valence-corrected chi connectivity index (χ3v) is 11.4. The van der Waals surface area contributed by atoms with Crippen molar-refractivity contribution in [3.8, 4) is 5.75 Å². The Labute approximate surface area is 242 Å². The molecule has 6 rings (SSSR count). The van der Waals surface area contributed by atoms with Crippen LogP contribution in [0.1, 0.15) is 72.9 Å². The molecule has 9 heteroatoms. The molecular formula is C31H39ClN2O5S. The molecule has 2 N–H and O–H groups in total.